The molecule has 162 valence electrons. The summed E-state index contributed by atoms with van der Waals surface area (Å²) >= 11 is 7.60. The first-order valence-electron chi connectivity index (χ1n) is 10.1. The van der Waals surface area contributed by atoms with Gasteiger partial charge < -0.3 is 10.2 Å². The van der Waals surface area contributed by atoms with Crippen LogP contribution in [0.4, 0.5) is 4.39 Å². The minimum atomic E-state index is -0.639. The number of hydrogen-bond acceptors (Lipinski definition) is 3. The van der Waals surface area contributed by atoms with Crippen molar-refractivity contribution in [1.29, 1.82) is 0 Å². The molecule has 0 saturated heterocycles. The molecule has 0 saturated carbocycles. The average molecular weight is 451 g/mol. The lowest BCUT2D eigenvalue weighted by molar-refractivity contribution is -0.138. The van der Waals surface area contributed by atoms with Crippen molar-refractivity contribution in [2.24, 2.45) is 0 Å². The second-order valence-corrected chi connectivity index (χ2v) is 8.41. The Labute approximate surface area is 187 Å². The van der Waals surface area contributed by atoms with Gasteiger partial charge in [0.25, 0.3) is 0 Å². The monoisotopic (exact) mass is 450 g/mol. The quantitative estimate of drug-likeness (QED) is 0.487. The Morgan fingerprint density at radius 1 is 1.13 bits per heavy atom. The minimum absolute atomic E-state index is 0.144. The van der Waals surface area contributed by atoms with Crippen LogP contribution >= 0.6 is 23.4 Å². The zero-order chi connectivity index (χ0) is 21.9. The molecule has 2 rings (SSSR count). The van der Waals surface area contributed by atoms with Crippen LogP contribution in [0.3, 0.4) is 0 Å². The third kappa shape index (κ3) is 7.33. The van der Waals surface area contributed by atoms with Gasteiger partial charge in [-0.1, -0.05) is 61.3 Å². The summed E-state index contributed by atoms with van der Waals surface area (Å²) in [7, 11) is 0. The van der Waals surface area contributed by atoms with Crippen molar-refractivity contribution < 1.29 is 14.0 Å². The molecule has 2 amide bonds. The number of carbonyl (C=O) groups is 2. The molecule has 1 atom stereocenters. The highest BCUT2D eigenvalue weighted by Crippen LogP contribution is 2.21. The lowest BCUT2D eigenvalue weighted by atomic mass is 10.1. The topological polar surface area (TPSA) is 49.4 Å². The highest BCUT2D eigenvalue weighted by atomic mass is 35.5. The standard InChI is InChI=1S/C23H28ClFN2O2S/c1-3-4-13-26-23(29)17(2)27(14-18-9-5-7-11-20(18)24)22(28)16-30-15-19-10-6-8-12-21(19)25/h5-12,17H,3-4,13-16H2,1-2H3,(H,26,29)/t17-/m0/s1. The molecule has 0 aliphatic heterocycles. The van der Waals surface area contributed by atoms with Crippen molar-refractivity contribution in [3.63, 3.8) is 0 Å². The first-order chi connectivity index (χ1) is 14.4. The van der Waals surface area contributed by atoms with Gasteiger partial charge in [-0.3, -0.25) is 9.59 Å². The highest BCUT2D eigenvalue weighted by Gasteiger charge is 2.26. The van der Waals surface area contributed by atoms with Crippen LogP contribution in [-0.4, -0.2) is 35.1 Å². The number of nitrogens with one attached hydrogen (secondary N) is 1. The smallest absolute Gasteiger partial charge is 0.242 e. The predicted octanol–water partition coefficient (Wildman–Crippen LogP) is 5.05. The van der Waals surface area contributed by atoms with Crippen molar-refractivity contribution in [2.45, 2.75) is 45.0 Å². The van der Waals surface area contributed by atoms with E-state index in [2.05, 4.69) is 12.2 Å². The molecule has 7 heteroatoms. The zero-order valence-corrected chi connectivity index (χ0v) is 18.9. The molecule has 0 fully saturated rings. The summed E-state index contributed by atoms with van der Waals surface area (Å²) in [4.78, 5) is 27.1. The summed E-state index contributed by atoms with van der Waals surface area (Å²) in [6.45, 7) is 4.59. The Hall–Kier alpha value is -2.05. The maximum absolute atomic E-state index is 13.8. The number of benzene rings is 2. The van der Waals surface area contributed by atoms with Crippen molar-refractivity contribution in [3.8, 4) is 0 Å². The molecule has 0 radical (unpaired) electrons. The van der Waals surface area contributed by atoms with Gasteiger partial charge in [-0.05, 0) is 36.6 Å². The molecular weight excluding hydrogens is 423 g/mol. The minimum Gasteiger partial charge on any atom is -0.354 e. The number of hydrogen-bond donors (Lipinski definition) is 1. The van der Waals surface area contributed by atoms with Crippen molar-refractivity contribution >= 4 is 35.2 Å². The molecule has 0 spiro atoms. The van der Waals surface area contributed by atoms with Crippen LogP contribution in [0.1, 0.15) is 37.8 Å². The van der Waals surface area contributed by atoms with E-state index in [0.29, 0.717) is 22.9 Å². The maximum atomic E-state index is 13.8. The van der Waals surface area contributed by atoms with E-state index in [9.17, 15) is 14.0 Å². The summed E-state index contributed by atoms with van der Waals surface area (Å²) in [5.41, 5.74) is 1.33. The Kier molecular flexibility index (Phi) is 10.2. The molecule has 1 N–H and O–H groups in total. The molecule has 4 nitrogen and oxygen atoms in total. The summed E-state index contributed by atoms with van der Waals surface area (Å²) in [5, 5.41) is 3.44. The van der Waals surface area contributed by atoms with Crippen LogP contribution in [0, 0.1) is 5.82 Å². The molecule has 0 unspecified atom stereocenters. The third-order valence-corrected chi connectivity index (χ3v) is 6.07. The van der Waals surface area contributed by atoms with E-state index < -0.39 is 6.04 Å². The molecule has 30 heavy (non-hydrogen) atoms. The lowest BCUT2D eigenvalue weighted by Crippen LogP contribution is -2.48. The van der Waals surface area contributed by atoms with E-state index in [1.54, 1.807) is 31.2 Å². The summed E-state index contributed by atoms with van der Waals surface area (Å²) in [6, 6.07) is 13.2. The maximum Gasteiger partial charge on any atom is 0.242 e. The number of nitrogens with zero attached hydrogens (tertiary/aromatic N) is 1. The van der Waals surface area contributed by atoms with Crippen LogP contribution in [0.2, 0.25) is 5.02 Å². The Morgan fingerprint density at radius 2 is 1.80 bits per heavy atom. The van der Waals surface area contributed by atoms with Crippen LogP contribution in [0.25, 0.3) is 0 Å². The van der Waals surface area contributed by atoms with Crippen LogP contribution in [0.5, 0.6) is 0 Å². The van der Waals surface area contributed by atoms with Gasteiger partial charge in [0.15, 0.2) is 0 Å². The number of carbonyl (C=O) groups excluding carboxylic acids is 2. The van der Waals surface area contributed by atoms with E-state index in [4.69, 9.17) is 11.6 Å². The second kappa shape index (κ2) is 12.6. The largest absolute Gasteiger partial charge is 0.354 e. The van der Waals surface area contributed by atoms with Gasteiger partial charge in [-0.2, -0.15) is 0 Å². The fourth-order valence-corrected chi connectivity index (χ4v) is 3.97. The van der Waals surface area contributed by atoms with Crippen molar-refractivity contribution in [3.05, 3.63) is 70.5 Å². The molecule has 2 aromatic rings. The molecule has 2 aromatic carbocycles. The average Bonchev–Trinajstić information content (AvgIpc) is 2.74. The van der Waals surface area contributed by atoms with Gasteiger partial charge in [-0.25, -0.2) is 4.39 Å². The molecule has 0 heterocycles. The van der Waals surface area contributed by atoms with Gasteiger partial charge in [0.2, 0.25) is 11.8 Å². The van der Waals surface area contributed by atoms with Crippen LogP contribution in [-0.2, 0) is 21.9 Å². The van der Waals surface area contributed by atoms with Gasteiger partial charge in [0, 0.05) is 23.9 Å². The number of amides is 2. The van der Waals surface area contributed by atoms with E-state index >= 15 is 0 Å². The Balaban J connectivity index is 2.07. The Morgan fingerprint density at radius 3 is 2.47 bits per heavy atom. The molecule has 0 aliphatic rings. The third-order valence-electron chi connectivity index (χ3n) is 4.74. The molecule has 0 aliphatic carbocycles. The van der Waals surface area contributed by atoms with Crippen LogP contribution in [0.15, 0.2) is 48.5 Å². The predicted molar refractivity (Wildman–Crippen MR) is 122 cm³/mol. The van der Waals surface area contributed by atoms with E-state index in [1.165, 1.54) is 22.7 Å². The summed E-state index contributed by atoms with van der Waals surface area (Å²) in [6.07, 6.45) is 1.86. The van der Waals surface area contributed by atoms with Gasteiger partial charge in [-0.15, -0.1) is 11.8 Å². The number of unbranched alkanes of at least 4 members (excludes halogenated alkanes) is 1. The normalized spacial score (nSPS) is 11.7. The van der Waals surface area contributed by atoms with Crippen molar-refractivity contribution in [2.75, 3.05) is 12.3 Å². The summed E-state index contributed by atoms with van der Waals surface area (Å²) < 4.78 is 13.8. The summed E-state index contributed by atoms with van der Waals surface area (Å²) in [5.74, 6) is -0.132. The SMILES string of the molecule is CCCCNC(=O)[C@H](C)N(Cc1ccccc1Cl)C(=O)CSCc1ccccc1F. The highest BCUT2D eigenvalue weighted by molar-refractivity contribution is 7.99. The van der Waals surface area contributed by atoms with Gasteiger partial charge >= 0.3 is 0 Å². The number of thioether (sulfide) groups is 1. The van der Waals surface area contributed by atoms with Crippen molar-refractivity contribution in [1.82, 2.24) is 10.2 Å². The fraction of sp³-hybridized carbons (Fsp3) is 0.391. The second-order valence-electron chi connectivity index (χ2n) is 7.02. The molecule has 0 bridgehead atoms. The lowest BCUT2D eigenvalue weighted by Gasteiger charge is -2.29. The van der Waals surface area contributed by atoms with E-state index in [-0.39, 0.29) is 29.9 Å². The first kappa shape index (κ1) is 24.2. The van der Waals surface area contributed by atoms with Gasteiger partial charge in [0.05, 0.1) is 5.75 Å². The zero-order valence-electron chi connectivity index (χ0n) is 17.4. The van der Waals surface area contributed by atoms with E-state index in [0.717, 1.165) is 18.4 Å². The first-order valence-corrected chi connectivity index (χ1v) is 11.6. The Bertz CT molecular complexity index is 849. The molecule has 0 aromatic heterocycles. The number of halogens is 2. The fourth-order valence-electron chi connectivity index (χ4n) is 2.88. The van der Waals surface area contributed by atoms with Crippen LogP contribution < -0.4 is 5.32 Å². The van der Waals surface area contributed by atoms with Gasteiger partial charge in [0.1, 0.15) is 11.9 Å². The van der Waals surface area contributed by atoms with E-state index in [1.807, 2.05) is 18.2 Å². The number of rotatable bonds is 11. The molecular formula is C23H28ClFN2O2S.